The Morgan fingerprint density at radius 3 is 1.95 bits per heavy atom. The van der Waals surface area contributed by atoms with Crippen LogP contribution >= 0.6 is 0 Å². The highest BCUT2D eigenvalue weighted by Gasteiger charge is 2.48. The van der Waals surface area contributed by atoms with Gasteiger partial charge in [0.25, 0.3) is 0 Å². The van der Waals surface area contributed by atoms with Crippen LogP contribution in [0, 0.1) is 0 Å². The van der Waals surface area contributed by atoms with E-state index in [0.717, 1.165) is 17.7 Å². The molecule has 0 aliphatic rings. The molecule has 0 aliphatic carbocycles. The van der Waals surface area contributed by atoms with Crippen LogP contribution in [0.4, 0.5) is 17.6 Å². The number of carbonyl (C=O) groups excluding carboxylic acids is 1. The van der Waals surface area contributed by atoms with Crippen LogP contribution < -0.4 is 0 Å². The van der Waals surface area contributed by atoms with Crippen LogP contribution in [0.15, 0.2) is 54.6 Å². The molecular weight excluding hydrogens is 272 g/mol. The molecule has 0 heterocycles. The Bertz CT molecular complexity index is 633. The molecule has 20 heavy (non-hydrogen) atoms. The Morgan fingerprint density at radius 1 is 0.950 bits per heavy atom. The van der Waals surface area contributed by atoms with Gasteiger partial charge in [0, 0.05) is 5.56 Å². The predicted octanol–water partition coefficient (Wildman–Crippen LogP) is 4.44. The number of hydrogen-bond acceptors (Lipinski definition) is 1. The number of halogens is 4. The van der Waals surface area contributed by atoms with E-state index in [1.807, 2.05) is 0 Å². The summed E-state index contributed by atoms with van der Waals surface area (Å²) in [4.78, 5) is 11.4. The second-order valence-electron chi connectivity index (χ2n) is 4.11. The van der Waals surface area contributed by atoms with Crippen molar-refractivity contribution >= 4 is 5.78 Å². The first-order chi connectivity index (χ1) is 9.73. The van der Waals surface area contributed by atoms with Gasteiger partial charge in [0.2, 0.25) is 5.78 Å². The van der Waals surface area contributed by atoms with Gasteiger partial charge in [-0.1, -0.05) is 54.6 Å². The van der Waals surface area contributed by atoms with Gasteiger partial charge in [-0.3, -0.25) is 4.79 Å². The SMILES string of the molecule is [2H]C(F)(F)C(F)(F)C(=O)c1ccc(-c2ccccc2)cc1. The maximum absolute atomic E-state index is 13.1. The highest BCUT2D eigenvalue weighted by Crippen LogP contribution is 2.28. The fourth-order valence-corrected chi connectivity index (χ4v) is 1.71. The molecule has 0 amide bonds. The van der Waals surface area contributed by atoms with Crippen molar-refractivity contribution in [1.29, 1.82) is 0 Å². The minimum atomic E-state index is -5.15. The molecular formula is C15H10F4O. The summed E-state index contributed by atoms with van der Waals surface area (Å²) in [6, 6.07) is 13.8. The Labute approximate surface area is 114 Å². The van der Waals surface area contributed by atoms with Crippen LogP contribution in [0.1, 0.15) is 11.7 Å². The average molecular weight is 283 g/mol. The number of alkyl halides is 4. The summed E-state index contributed by atoms with van der Waals surface area (Å²) in [6.45, 7) is 0. The van der Waals surface area contributed by atoms with Gasteiger partial charge in [-0.25, -0.2) is 8.78 Å². The largest absolute Gasteiger partial charge is 0.368 e. The maximum atomic E-state index is 13.1. The third kappa shape index (κ3) is 2.71. The van der Waals surface area contributed by atoms with E-state index in [0.29, 0.717) is 5.56 Å². The molecule has 0 saturated heterocycles. The quantitative estimate of drug-likeness (QED) is 0.599. The molecule has 1 nitrogen and oxygen atoms in total. The molecule has 0 atom stereocenters. The summed E-state index contributed by atoms with van der Waals surface area (Å²) >= 11 is 0. The Kier molecular flexibility index (Phi) is 3.50. The summed E-state index contributed by atoms with van der Waals surface area (Å²) in [5, 5.41) is 0. The van der Waals surface area contributed by atoms with Crippen molar-refractivity contribution in [3.05, 3.63) is 60.2 Å². The lowest BCUT2D eigenvalue weighted by molar-refractivity contribution is -0.0958. The topological polar surface area (TPSA) is 17.1 Å². The second kappa shape index (κ2) is 5.45. The zero-order valence-corrected chi connectivity index (χ0v) is 10.1. The van der Waals surface area contributed by atoms with E-state index in [4.69, 9.17) is 1.37 Å². The summed E-state index contributed by atoms with van der Waals surface area (Å²) < 4.78 is 57.3. The van der Waals surface area contributed by atoms with E-state index in [1.54, 1.807) is 30.3 Å². The van der Waals surface area contributed by atoms with Crippen molar-refractivity contribution < 1.29 is 23.7 Å². The molecule has 0 unspecified atom stereocenters. The van der Waals surface area contributed by atoms with Crippen LogP contribution in [0.5, 0.6) is 0 Å². The van der Waals surface area contributed by atoms with Crippen molar-refractivity contribution in [2.24, 2.45) is 0 Å². The lowest BCUT2D eigenvalue weighted by atomic mass is 10.0. The number of benzene rings is 2. The number of ketones is 1. The van der Waals surface area contributed by atoms with E-state index in [1.165, 1.54) is 12.1 Å². The van der Waals surface area contributed by atoms with Crippen LogP contribution in [0.2, 0.25) is 0 Å². The van der Waals surface area contributed by atoms with Crippen LogP contribution in [0.3, 0.4) is 0 Å². The molecule has 2 aromatic carbocycles. The number of hydrogen-bond donors (Lipinski definition) is 0. The zero-order chi connectivity index (χ0) is 15.7. The maximum Gasteiger partial charge on any atom is 0.368 e. The summed E-state index contributed by atoms with van der Waals surface area (Å²) in [7, 11) is 0. The molecule has 0 aromatic heterocycles. The van der Waals surface area contributed by atoms with Gasteiger partial charge >= 0.3 is 12.3 Å². The first-order valence-electron chi connectivity index (χ1n) is 6.19. The lowest BCUT2D eigenvalue weighted by Crippen LogP contribution is -2.36. The number of Topliss-reactive ketones (excluding diaryl/α,β-unsaturated/α-hetero) is 1. The van der Waals surface area contributed by atoms with E-state index in [-0.39, 0.29) is 0 Å². The molecule has 104 valence electrons. The zero-order valence-electron chi connectivity index (χ0n) is 11.1. The third-order valence-electron chi connectivity index (χ3n) is 2.78. The molecule has 2 rings (SSSR count). The van der Waals surface area contributed by atoms with Gasteiger partial charge in [-0.2, -0.15) is 8.78 Å². The lowest BCUT2D eigenvalue weighted by Gasteiger charge is -2.13. The number of carbonyl (C=O) groups is 1. The van der Waals surface area contributed by atoms with Crippen molar-refractivity contribution in [3.8, 4) is 11.1 Å². The molecule has 0 spiro atoms. The molecule has 2 aromatic rings. The average Bonchev–Trinajstić information content (AvgIpc) is 2.46. The van der Waals surface area contributed by atoms with Crippen molar-refractivity contribution in [3.63, 3.8) is 0 Å². The molecule has 0 fully saturated rings. The van der Waals surface area contributed by atoms with Gasteiger partial charge in [0.1, 0.15) is 1.37 Å². The smallest absolute Gasteiger partial charge is 0.287 e. The van der Waals surface area contributed by atoms with Gasteiger partial charge in [-0.05, 0) is 11.1 Å². The summed E-state index contributed by atoms with van der Waals surface area (Å²) in [6.07, 6.45) is -5.15. The van der Waals surface area contributed by atoms with Crippen LogP contribution in [-0.4, -0.2) is 18.1 Å². The fourth-order valence-electron chi connectivity index (χ4n) is 1.71. The van der Waals surface area contributed by atoms with Gasteiger partial charge in [0.15, 0.2) is 0 Å². The molecule has 0 N–H and O–H groups in total. The van der Waals surface area contributed by atoms with E-state index in [9.17, 15) is 22.4 Å². The summed E-state index contributed by atoms with van der Waals surface area (Å²) in [5.74, 6) is -7.12. The van der Waals surface area contributed by atoms with Gasteiger partial charge in [-0.15, -0.1) is 0 Å². The Morgan fingerprint density at radius 2 is 1.45 bits per heavy atom. The Balaban J connectivity index is 2.30. The normalized spacial score (nSPS) is 12.9. The highest BCUT2D eigenvalue weighted by atomic mass is 19.3. The second-order valence-corrected chi connectivity index (χ2v) is 4.11. The first kappa shape index (κ1) is 12.8. The van der Waals surface area contributed by atoms with Crippen molar-refractivity contribution in [2.75, 3.05) is 0 Å². The fraction of sp³-hybridized carbons (Fsp3) is 0.133. The molecule has 0 radical (unpaired) electrons. The van der Waals surface area contributed by atoms with Gasteiger partial charge < -0.3 is 0 Å². The monoisotopic (exact) mass is 283 g/mol. The molecule has 0 saturated carbocycles. The van der Waals surface area contributed by atoms with Crippen LogP contribution in [-0.2, 0) is 0 Å². The van der Waals surface area contributed by atoms with Crippen molar-refractivity contribution in [2.45, 2.75) is 12.3 Å². The van der Waals surface area contributed by atoms with Crippen LogP contribution in [0.25, 0.3) is 11.1 Å². The number of rotatable bonds is 4. The Hall–Kier alpha value is -2.17. The van der Waals surface area contributed by atoms with Gasteiger partial charge in [0.05, 0.1) is 0 Å². The standard InChI is InChI=1S/C15H10F4O/c16-14(17)15(18,19)13(20)12-8-6-11(7-9-12)10-4-2-1-3-5-10/h1-9,14H/i14D. The predicted molar refractivity (Wildman–Crippen MR) is 67.2 cm³/mol. The first-order valence-corrected chi connectivity index (χ1v) is 5.69. The van der Waals surface area contributed by atoms with Crippen molar-refractivity contribution in [1.82, 2.24) is 0 Å². The molecule has 0 aliphatic heterocycles. The third-order valence-corrected chi connectivity index (χ3v) is 2.78. The molecule has 5 heteroatoms. The molecule has 0 bridgehead atoms. The van der Waals surface area contributed by atoms with E-state index in [2.05, 4.69) is 0 Å². The minimum absolute atomic E-state index is 0.563. The van der Waals surface area contributed by atoms with E-state index >= 15 is 0 Å². The van der Waals surface area contributed by atoms with E-state index < -0.39 is 23.7 Å². The highest BCUT2D eigenvalue weighted by molar-refractivity contribution is 6.01. The summed E-state index contributed by atoms with van der Waals surface area (Å²) in [5.41, 5.74) is 0.897. The minimum Gasteiger partial charge on any atom is -0.287 e.